The summed E-state index contributed by atoms with van der Waals surface area (Å²) in [6, 6.07) is 11.6. The number of anilines is 2. The van der Waals surface area contributed by atoms with Crippen molar-refractivity contribution in [1.29, 1.82) is 0 Å². The first-order valence-electron chi connectivity index (χ1n) is 9.11. The molecule has 0 unspecified atom stereocenters. The van der Waals surface area contributed by atoms with Crippen molar-refractivity contribution >= 4 is 29.2 Å². The van der Waals surface area contributed by atoms with Gasteiger partial charge >= 0.3 is 5.97 Å². The van der Waals surface area contributed by atoms with Gasteiger partial charge < -0.3 is 24.4 Å². The predicted octanol–water partition coefficient (Wildman–Crippen LogP) is 2.63. The van der Waals surface area contributed by atoms with Crippen LogP contribution in [0.25, 0.3) is 0 Å². The fourth-order valence-corrected chi connectivity index (χ4v) is 3.03. The van der Waals surface area contributed by atoms with E-state index < -0.39 is 18.5 Å². The van der Waals surface area contributed by atoms with Crippen LogP contribution in [0.4, 0.5) is 11.4 Å². The Morgan fingerprint density at radius 2 is 1.93 bits per heavy atom. The fraction of sp³-hybridized carbons (Fsp3) is 0.286. The molecule has 0 radical (unpaired) electrons. The summed E-state index contributed by atoms with van der Waals surface area (Å²) in [4.78, 5) is 38.0. The van der Waals surface area contributed by atoms with Gasteiger partial charge in [-0.3, -0.25) is 9.59 Å². The molecule has 0 aromatic heterocycles. The van der Waals surface area contributed by atoms with Gasteiger partial charge in [0.1, 0.15) is 11.5 Å². The van der Waals surface area contributed by atoms with E-state index in [1.54, 1.807) is 47.4 Å². The third kappa shape index (κ3) is 4.84. The Kier molecular flexibility index (Phi) is 6.33. The lowest BCUT2D eigenvalue weighted by molar-refractivity contribution is -0.119. The number of ether oxygens (including phenoxy) is 3. The summed E-state index contributed by atoms with van der Waals surface area (Å²) in [6.07, 6.45) is 1.30. The van der Waals surface area contributed by atoms with Crippen molar-refractivity contribution in [2.45, 2.75) is 12.8 Å². The summed E-state index contributed by atoms with van der Waals surface area (Å²) in [5, 5.41) is 2.63. The van der Waals surface area contributed by atoms with Crippen LogP contribution in [0.15, 0.2) is 42.5 Å². The molecular weight excluding hydrogens is 376 g/mol. The van der Waals surface area contributed by atoms with E-state index in [-0.39, 0.29) is 11.5 Å². The highest BCUT2D eigenvalue weighted by atomic mass is 16.5. The summed E-state index contributed by atoms with van der Waals surface area (Å²) in [5.41, 5.74) is 1.32. The van der Waals surface area contributed by atoms with Gasteiger partial charge in [0.05, 0.1) is 25.5 Å². The molecule has 2 amide bonds. The lowest BCUT2D eigenvalue weighted by atomic mass is 10.2. The molecule has 0 atom stereocenters. The number of nitrogens with zero attached hydrogens (tertiary/aromatic N) is 1. The number of rotatable bonds is 7. The van der Waals surface area contributed by atoms with Gasteiger partial charge in [0, 0.05) is 24.7 Å². The normalized spacial score (nSPS) is 13.2. The average Bonchev–Trinajstić information content (AvgIpc) is 3.18. The smallest absolute Gasteiger partial charge is 0.338 e. The second-order valence-electron chi connectivity index (χ2n) is 6.39. The number of methoxy groups -OCH3 is 2. The Labute approximate surface area is 168 Å². The van der Waals surface area contributed by atoms with E-state index >= 15 is 0 Å². The Balaban J connectivity index is 1.61. The molecule has 8 nitrogen and oxygen atoms in total. The third-order valence-corrected chi connectivity index (χ3v) is 4.48. The van der Waals surface area contributed by atoms with Crippen LogP contribution in [0.5, 0.6) is 11.5 Å². The van der Waals surface area contributed by atoms with Crippen LogP contribution in [-0.4, -0.2) is 45.2 Å². The fourth-order valence-electron chi connectivity index (χ4n) is 3.03. The third-order valence-electron chi connectivity index (χ3n) is 4.48. The topological polar surface area (TPSA) is 94.2 Å². The predicted molar refractivity (Wildman–Crippen MR) is 106 cm³/mol. The van der Waals surface area contributed by atoms with E-state index in [0.717, 1.165) is 6.42 Å². The molecule has 2 aromatic rings. The first kappa shape index (κ1) is 20.2. The number of hydrogen-bond donors (Lipinski definition) is 1. The van der Waals surface area contributed by atoms with Crippen molar-refractivity contribution in [3.8, 4) is 11.5 Å². The molecule has 1 fully saturated rings. The van der Waals surface area contributed by atoms with Crippen LogP contribution in [-0.2, 0) is 14.3 Å². The Morgan fingerprint density at radius 3 is 2.62 bits per heavy atom. The van der Waals surface area contributed by atoms with Crippen molar-refractivity contribution in [2.24, 2.45) is 0 Å². The van der Waals surface area contributed by atoms with E-state index in [4.69, 9.17) is 14.2 Å². The van der Waals surface area contributed by atoms with Crippen LogP contribution in [0, 0.1) is 0 Å². The molecule has 1 aliphatic heterocycles. The second kappa shape index (κ2) is 9.09. The first-order chi connectivity index (χ1) is 14.0. The van der Waals surface area contributed by atoms with Crippen LogP contribution in [0.3, 0.4) is 0 Å². The number of amides is 2. The Morgan fingerprint density at radius 1 is 1.10 bits per heavy atom. The molecule has 1 heterocycles. The summed E-state index contributed by atoms with van der Waals surface area (Å²) in [7, 11) is 2.99. The number of esters is 1. The van der Waals surface area contributed by atoms with E-state index in [2.05, 4.69) is 5.32 Å². The van der Waals surface area contributed by atoms with Crippen LogP contribution in [0.2, 0.25) is 0 Å². The molecule has 1 aliphatic rings. The zero-order valence-corrected chi connectivity index (χ0v) is 16.3. The lowest BCUT2D eigenvalue weighted by Crippen LogP contribution is -2.24. The van der Waals surface area contributed by atoms with Crippen molar-refractivity contribution in [1.82, 2.24) is 0 Å². The van der Waals surface area contributed by atoms with E-state index in [9.17, 15) is 14.4 Å². The van der Waals surface area contributed by atoms with Gasteiger partial charge in [-0.15, -0.1) is 0 Å². The SMILES string of the molecule is COc1ccc(OC)c(NC(=O)COC(=O)c2cccc(N3CCCC3=O)c2)c1. The minimum Gasteiger partial charge on any atom is -0.497 e. The zero-order valence-electron chi connectivity index (χ0n) is 16.3. The first-order valence-corrected chi connectivity index (χ1v) is 9.11. The maximum atomic E-state index is 12.3. The highest BCUT2D eigenvalue weighted by Gasteiger charge is 2.22. The molecule has 0 bridgehead atoms. The van der Waals surface area contributed by atoms with Crippen LogP contribution >= 0.6 is 0 Å². The maximum absolute atomic E-state index is 12.3. The monoisotopic (exact) mass is 398 g/mol. The minimum absolute atomic E-state index is 0.0298. The van der Waals surface area contributed by atoms with Gasteiger partial charge in [-0.1, -0.05) is 6.07 Å². The molecular formula is C21H22N2O6. The molecule has 8 heteroatoms. The van der Waals surface area contributed by atoms with Crippen molar-refractivity contribution in [3.05, 3.63) is 48.0 Å². The second-order valence-corrected chi connectivity index (χ2v) is 6.39. The van der Waals surface area contributed by atoms with Gasteiger partial charge in [-0.2, -0.15) is 0 Å². The minimum atomic E-state index is -0.647. The zero-order chi connectivity index (χ0) is 20.8. The van der Waals surface area contributed by atoms with Gasteiger partial charge in [0.2, 0.25) is 5.91 Å². The van der Waals surface area contributed by atoms with Gasteiger partial charge in [0.15, 0.2) is 6.61 Å². The molecule has 1 N–H and O–H groups in total. The number of carbonyl (C=O) groups excluding carboxylic acids is 3. The highest BCUT2D eigenvalue weighted by molar-refractivity contribution is 5.99. The molecule has 3 rings (SSSR count). The number of hydrogen-bond acceptors (Lipinski definition) is 6. The molecule has 0 spiro atoms. The van der Waals surface area contributed by atoms with E-state index in [0.29, 0.717) is 35.8 Å². The number of nitrogens with one attached hydrogen (secondary N) is 1. The summed E-state index contributed by atoms with van der Waals surface area (Å²) in [6.45, 7) is 0.161. The van der Waals surface area contributed by atoms with Crippen LogP contribution < -0.4 is 19.7 Å². The maximum Gasteiger partial charge on any atom is 0.338 e. The molecule has 0 aliphatic carbocycles. The standard InChI is InChI=1S/C21H22N2O6/c1-27-16-8-9-18(28-2)17(12-16)22-19(24)13-29-21(26)14-5-3-6-15(11-14)23-10-4-7-20(23)25/h3,5-6,8-9,11-12H,4,7,10,13H2,1-2H3,(H,22,24). The largest absolute Gasteiger partial charge is 0.497 e. The van der Waals surface area contributed by atoms with E-state index in [1.807, 2.05) is 0 Å². The van der Waals surface area contributed by atoms with Gasteiger partial charge in [-0.05, 0) is 36.8 Å². The molecule has 2 aromatic carbocycles. The molecule has 0 saturated carbocycles. The van der Waals surface area contributed by atoms with Gasteiger partial charge in [0.25, 0.3) is 5.91 Å². The summed E-state index contributed by atoms with van der Waals surface area (Å²) >= 11 is 0. The van der Waals surface area contributed by atoms with Crippen molar-refractivity contribution in [2.75, 3.05) is 37.6 Å². The average molecular weight is 398 g/mol. The molecule has 1 saturated heterocycles. The highest BCUT2D eigenvalue weighted by Crippen LogP contribution is 2.29. The van der Waals surface area contributed by atoms with E-state index in [1.165, 1.54) is 14.2 Å². The Hall–Kier alpha value is -3.55. The van der Waals surface area contributed by atoms with Crippen LogP contribution in [0.1, 0.15) is 23.2 Å². The quantitative estimate of drug-likeness (QED) is 0.721. The molecule has 152 valence electrons. The summed E-state index contributed by atoms with van der Waals surface area (Å²) < 4.78 is 15.4. The number of carbonyl (C=O) groups is 3. The number of benzene rings is 2. The summed E-state index contributed by atoms with van der Waals surface area (Å²) in [5.74, 6) is -0.135. The van der Waals surface area contributed by atoms with Crippen molar-refractivity contribution < 1.29 is 28.6 Å². The lowest BCUT2D eigenvalue weighted by Gasteiger charge is -2.16. The van der Waals surface area contributed by atoms with Gasteiger partial charge in [-0.25, -0.2) is 4.79 Å². The Bertz CT molecular complexity index is 927. The van der Waals surface area contributed by atoms with Crippen molar-refractivity contribution in [3.63, 3.8) is 0 Å². The molecule has 29 heavy (non-hydrogen) atoms.